The summed E-state index contributed by atoms with van der Waals surface area (Å²) >= 11 is 7.47. The number of hydrogen-bond acceptors (Lipinski definition) is 4. The third-order valence-electron chi connectivity index (χ3n) is 5.88. The Morgan fingerprint density at radius 2 is 1.93 bits per heavy atom. The Morgan fingerprint density at radius 3 is 2.55 bits per heavy atom. The molecule has 8 heteroatoms. The highest BCUT2D eigenvalue weighted by Crippen LogP contribution is 2.27. The van der Waals surface area contributed by atoms with Crippen molar-refractivity contribution in [1.82, 2.24) is 10.0 Å². The molecule has 2 N–H and O–H groups in total. The van der Waals surface area contributed by atoms with Gasteiger partial charge in [-0.25, -0.2) is 17.5 Å². The Balaban J connectivity index is 1.59. The van der Waals surface area contributed by atoms with Crippen LogP contribution in [0.15, 0.2) is 18.2 Å². The molecule has 0 amide bonds. The number of rotatable bonds is 11. The third-order valence-corrected chi connectivity index (χ3v) is 9.51. The monoisotopic (exact) mass is 464 g/mol. The fraction of sp³-hybridized carbons (Fsp3) is 0.714. The van der Waals surface area contributed by atoms with E-state index in [0.29, 0.717) is 28.7 Å². The summed E-state index contributed by atoms with van der Waals surface area (Å²) in [5.74, 6) is 1.91. The van der Waals surface area contributed by atoms with Crippen molar-refractivity contribution < 1.29 is 12.8 Å². The van der Waals surface area contributed by atoms with Crippen molar-refractivity contribution >= 4 is 33.4 Å². The normalized spacial score (nSPS) is 20.7. The van der Waals surface area contributed by atoms with Crippen LogP contribution >= 0.6 is 23.4 Å². The van der Waals surface area contributed by atoms with E-state index >= 15 is 0 Å². The molecule has 1 aliphatic rings. The molecule has 1 aromatic carbocycles. The summed E-state index contributed by atoms with van der Waals surface area (Å²) in [7, 11) is -3.29. The SMILES string of the molecule is CCC(C)(C)S(=O)(=O)NC1CCC(CNCCSCc2ccc(Cl)cc2F)CC1. The summed E-state index contributed by atoms with van der Waals surface area (Å²) < 4.78 is 40.9. The van der Waals surface area contributed by atoms with Crippen LogP contribution in [0, 0.1) is 11.7 Å². The van der Waals surface area contributed by atoms with Gasteiger partial charge < -0.3 is 5.32 Å². The summed E-state index contributed by atoms with van der Waals surface area (Å²) in [5.41, 5.74) is 0.687. The zero-order valence-corrected chi connectivity index (χ0v) is 20.0. The van der Waals surface area contributed by atoms with E-state index in [1.807, 2.05) is 6.92 Å². The number of thioether (sulfide) groups is 1. The van der Waals surface area contributed by atoms with Gasteiger partial charge in [0, 0.05) is 29.1 Å². The van der Waals surface area contributed by atoms with Gasteiger partial charge in [-0.05, 0) is 76.1 Å². The number of benzene rings is 1. The maximum atomic E-state index is 13.7. The first kappa shape index (κ1) is 24.9. The molecule has 0 heterocycles. The highest BCUT2D eigenvalue weighted by atomic mass is 35.5. The van der Waals surface area contributed by atoms with Gasteiger partial charge in [0.05, 0.1) is 4.75 Å². The lowest BCUT2D eigenvalue weighted by atomic mass is 9.86. The van der Waals surface area contributed by atoms with E-state index in [9.17, 15) is 12.8 Å². The maximum absolute atomic E-state index is 13.7. The van der Waals surface area contributed by atoms with Crippen LogP contribution in [0.5, 0.6) is 0 Å². The van der Waals surface area contributed by atoms with E-state index in [1.54, 1.807) is 37.7 Å². The Hall–Kier alpha value is -0.340. The van der Waals surface area contributed by atoms with Crippen LogP contribution in [-0.2, 0) is 15.8 Å². The molecule has 1 fully saturated rings. The molecule has 0 bridgehead atoms. The van der Waals surface area contributed by atoms with Crippen LogP contribution in [0.4, 0.5) is 4.39 Å². The van der Waals surface area contributed by atoms with Crippen LogP contribution in [0.1, 0.15) is 58.4 Å². The number of halogens is 2. The molecule has 0 aliphatic heterocycles. The summed E-state index contributed by atoms with van der Waals surface area (Å²) in [5, 5.41) is 3.91. The molecule has 2 rings (SSSR count). The Kier molecular flexibility index (Phi) is 9.74. The number of sulfonamides is 1. The quantitative estimate of drug-likeness (QED) is 0.454. The fourth-order valence-corrected chi connectivity index (χ4v) is 5.74. The lowest BCUT2D eigenvalue weighted by Crippen LogP contribution is -2.47. The molecule has 0 aromatic heterocycles. The van der Waals surface area contributed by atoms with E-state index in [-0.39, 0.29) is 11.9 Å². The minimum atomic E-state index is -3.29. The average Bonchev–Trinajstić information content (AvgIpc) is 2.66. The van der Waals surface area contributed by atoms with Crippen molar-refractivity contribution in [2.75, 3.05) is 18.8 Å². The maximum Gasteiger partial charge on any atom is 0.217 e. The van der Waals surface area contributed by atoms with Gasteiger partial charge in [0.1, 0.15) is 5.82 Å². The topological polar surface area (TPSA) is 58.2 Å². The second kappa shape index (κ2) is 11.3. The van der Waals surface area contributed by atoms with E-state index in [1.165, 1.54) is 6.07 Å². The van der Waals surface area contributed by atoms with Gasteiger partial charge in [0.15, 0.2) is 0 Å². The Labute approximate surface area is 184 Å². The predicted octanol–water partition coefficient (Wildman–Crippen LogP) is 4.97. The minimum absolute atomic E-state index is 0.0619. The van der Waals surface area contributed by atoms with Crippen molar-refractivity contribution in [3.63, 3.8) is 0 Å². The lowest BCUT2D eigenvalue weighted by molar-refractivity contribution is 0.303. The fourth-order valence-electron chi connectivity index (χ4n) is 3.32. The number of nitrogens with one attached hydrogen (secondary N) is 2. The van der Waals surface area contributed by atoms with E-state index in [2.05, 4.69) is 10.0 Å². The van der Waals surface area contributed by atoms with Crippen molar-refractivity contribution in [3.05, 3.63) is 34.6 Å². The Bertz CT molecular complexity index is 751. The van der Waals surface area contributed by atoms with Crippen molar-refractivity contribution in [1.29, 1.82) is 0 Å². The van der Waals surface area contributed by atoms with E-state index < -0.39 is 14.8 Å². The van der Waals surface area contributed by atoms with Crippen LogP contribution in [0.25, 0.3) is 0 Å². The largest absolute Gasteiger partial charge is 0.316 e. The summed E-state index contributed by atoms with van der Waals surface area (Å²) in [6, 6.07) is 4.88. The summed E-state index contributed by atoms with van der Waals surface area (Å²) in [6.07, 6.45) is 4.47. The Morgan fingerprint density at radius 1 is 1.24 bits per heavy atom. The first-order valence-corrected chi connectivity index (χ1v) is 13.4. The smallest absolute Gasteiger partial charge is 0.217 e. The van der Waals surface area contributed by atoms with Crippen LogP contribution < -0.4 is 10.0 Å². The third kappa shape index (κ3) is 7.69. The van der Waals surface area contributed by atoms with E-state index in [4.69, 9.17) is 11.6 Å². The second-order valence-corrected chi connectivity index (χ2v) is 12.3. The van der Waals surface area contributed by atoms with Crippen molar-refractivity contribution in [2.45, 2.75) is 69.4 Å². The van der Waals surface area contributed by atoms with E-state index in [0.717, 1.165) is 44.5 Å². The molecule has 166 valence electrons. The molecule has 1 aromatic rings. The molecule has 4 nitrogen and oxygen atoms in total. The second-order valence-electron chi connectivity index (χ2n) is 8.44. The zero-order valence-electron chi connectivity index (χ0n) is 17.6. The zero-order chi connectivity index (χ0) is 21.5. The minimum Gasteiger partial charge on any atom is -0.316 e. The molecule has 0 radical (unpaired) electrons. The van der Waals surface area contributed by atoms with Crippen LogP contribution in [0.3, 0.4) is 0 Å². The highest BCUT2D eigenvalue weighted by Gasteiger charge is 2.35. The number of hydrogen-bond donors (Lipinski definition) is 2. The van der Waals surface area contributed by atoms with Crippen LogP contribution in [0.2, 0.25) is 5.02 Å². The molecule has 0 spiro atoms. The first-order valence-electron chi connectivity index (χ1n) is 10.4. The lowest BCUT2D eigenvalue weighted by Gasteiger charge is -2.32. The average molecular weight is 465 g/mol. The molecule has 0 atom stereocenters. The first-order chi connectivity index (χ1) is 13.6. The molecule has 1 saturated carbocycles. The molecule has 29 heavy (non-hydrogen) atoms. The molecular formula is C21H34ClFN2O2S2. The molecule has 1 aliphatic carbocycles. The van der Waals surface area contributed by atoms with Gasteiger partial charge in [-0.1, -0.05) is 24.6 Å². The van der Waals surface area contributed by atoms with Gasteiger partial charge in [0.25, 0.3) is 0 Å². The molecule has 0 saturated heterocycles. The highest BCUT2D eigenvalue weighted by molar-refractivity contribution is 7.98. The van der Waals surface area contributed by atoms with Crippen molar-refractivity contribution in [3.8, 4) is 0 Å². The van der Waals surface area contributed by atoms with Crippen molar-refractivity contribution in [2.24, 2.45) is 5.92 Å². The van der Waals surface area contributed by atoms with Gasteiger partial charge >= 0.3 is 0 Å². The van der Waals surface area contributed by atoms with Gasteiger partial charge in [0.2, 0.25) is 10.0 Å². The van der Waals surface area contributed by atoms with Crippen LogP contribution in [-0.4, -0.2) is 38.0 Å². The van der Waals surface area contributed by atoms with Gasteiger partial charge in [-0.3, -0.25) is 0 Å². The van der Waals surface area contributed by atoms with Gasteiger partial charge in [-0.15, -0.1) is 0 Å². The predicted molar refractivity (Wildman–Crippen MR) is 123 cm³/mol. The standard InChI is InChI=1S/C21H34ClFN2O2S2/c1-4-21(2,3)29(26,27)25-19-9-5-16(6-10-19)14-24-11-12-28-15-17-7-8-18(22)13-20(17)23/h7-8,13,16,19,24-25H,4-6,9-12,14-15H2,1-3H3. The summed E-state index contributed by atoms with van der Waals surface area (Å²) in [4.78, 5) is 0. The summed E-state index contributed by atoms with van der Waals surface area (Å²) in [6.45, 7) is 7.31. The van der Waals surface area contributed by atoms with Gasteiger partial charge in [-0.2, -0.15) is 11.8 Å². The molecule has 0 unspecified atom stereocenters. The molecular weight excluding hydrogens is 431 g/mol.